The quantitative estimate of drug-likeness (QED) is 0.302. The standard InChI is InChI=1S/C26H27N3O4S2.ClH/c1-5-29-11-10-16-21(14-29)35-26(22(16)25-27-17-8-6-7-9-20(17)34-25)28-24(30)15-12-18(31-2)23(33-4)19(13-15)32-3;/h6-9,12-13H,5,10-11,14H2,1-4H3,(H,28,30);1H. The van der Waals surface area contributed by atoms with Gasteiger partial charge in [-0.3, -0.25) is 9.69 Å². The molecule has 0 saturated heterocycles. The maximum Gasteiger partial charge on any atom is 0.256 e. The molecule has 0 spiro atoms. The first-order valence-electron chi connectivity index (χ1n) is 11.4. The molecule has 1 N–H and O–H groups in total. The number of rotatable bonds is 7. The van der Waals surface area contributed by atoms with Gasteiger partial charge in [-0.1, -0.05) is 19.1 Å². The number of amides is 1. The highest BCUT2D eigenvalue weighted by atomic mass is 35.5. The van der Waals surface area contributed by atoms with Gasteiger partial charge in [0, 0.05) is 29.1 Å². The molecule has 0 unspecified atom stereocenters. The highest BCUT2D eigenvalue weighted by Gasteiger charge is 2.28. The van der Waals surface area contributed by atoms with E-state index in [4.69, 9.17) is 19.2 Å². The number of fused-ring (bicyclic) bond motifs is 2. The number of nitrogens with zero attached hydrogens (tertiary/aromatic N) is 2. The molecule has 0 aliphatic carbocycles. The van der Waals surface area contributed by atoms with Gasteiger partial charge in [-0.05, 0) is 42.8 Å². The molecule has 5 rings (SSSR count). The van der Waals surface area contributed by atoms with Crippen molar-refractivity contribution in [3.63, 3.8) is 0 Å². The molecule has 1 aliphatic heterocycles. The van der Waals surface area contributed by atoms with Crippen molar-refractivity contribution < 1.29 is 19.0 Å². The molecule has 1 aliphatic rings. The lowest BCUT2D eigenvalue weighted by Gasteiger charge is -2.25. The molecule has 2 aromatic heterocycles. The van der Waals surface area contributed by atoms with Gasteiger partial charge in [0.2, 0.25) is 5.75 Å². The normalized spacial score (nSPS) is 13.1. The van der Waals surface area contributed by atoms with Gasteiger partial charge in [0.15, 0.2) is 11.5 Å². The summed E-state index contributed by atoms with van der Waals surface area (Å²) >= 11 is 3.30. The van der Waals surface area contributed by atoms with Crippen LogP contribution in [0.2, 0.25) is 0 Å². The Balaban J connectivity index is 0.00000304. The molecule has 2 aromatic carbocycles. The molecule has 190 valence electrons. The molecular formula is C26H28ClN3O4S2. The highest BCUT2D eigenvalue weighted by molar-refractivity contribution is 7.23. The molecule has 3 heterocycles. The predicted molar refractivity (Wildman–Crippen MR) is 149 cm³/mol. The van der Waals surface area contributed by atoms with E-state index in [-0.39, 0.29) is 18.3 Å². The largest absolute Gasteiger partial charge is 0.493 e. The predicted octanol–water partition coefficient (Wildman–Crippen LogP) is 6.10. The second-order valence-corrected chi connectivity index (χ2v) is 10.3. The first kappa shape index (κ1) is 26.2. The Morgan fingerprint density at radius 3 is 2.44 bits per heavy atom. The molecule has 7 nitrogen and oxygen atoms in total. The van der Waals surface area contributed by atoms with Gasteiger partial charge in [-0.2, -0.15) is 0 Å². The first-order valence-corrected chi connectivity index (χ1v) is 13.0. The average molecular weight is 546 g/mol. The van der Waals surface area contributed by atoms with E-state index in [0.717, 1.165) is 51.8 Å². The van der Waals surface area contributed by atoms with Crippen LogP contribution in [-0.2, 0) is 13.0 Å². The van der Waals surface area contributed by atoms with Crippen LogP contribution < -0.4 is 19.5 Å². The van der Waals surface area contributed by atoms with Gasteiger partial charge in [0.25, 0.3) is 5.91 Å². The number of nitrogens with one attached hydrogen (secondary N) is 1. The van der Waals surface area contributed by atoms with Gasteiger partial charge in [-0.15, -0.1) is 35.1 Å². The van der Waals surface area contributed by atoms with Crippen LogP contribution in [0.25, 0.3) is 20.8 Å². The molecule has 0 bridgehead atoms. The fourth-order valence-corrected chi connectivity index (χ4v) is 6.80. The van der Waals surface area contributed by atoms with E-state index in [0.29, 0.717) is 22.8 Å². The summed E-state index contributed by atoms with van der Waals surface area (Å²) in [6.07, 6.45) is 0.935. The third-order valence-electron chi connectivity index (χ3n) is 6.24. The fourth-order valence-electron chi connectivity index (χ4n) is 4.41. The van der Waals surface area contributed by atoms with E-state index in [9.17, 15) is 4.79 Å². The monoisotopic (exact) mass is 545 g/mol. The van der Waals surface area contributed by atoms with Crippen molar-refractivity contribution in [1.29, 1.82) is 0 Å². The van der Waals surface area contributed by atoms with Gasteiger partial charge < -0.3 is 19.5 Å². The molecule has 36 heavy (non-hydrogen) atoms. The number of carbonyl (C=O) groups is 1. The number of para-hydroxylation sites is 1. The Bertz CT molecular complexity index is 1340. The number of carbonyl (C=O) groups excluding carboxylic acids is 1. The number of thiophene rings is 1. The number of ether oxygens (including phenoxy) is 3. The maximum absolute atomic E-state index is 13.5. The van der Waals surface area contributed by atoms with E-state index in [1.165, 1.54) is 24.7 Å². The molecule has 4 aromatic rings. The number of methoxy groups -OCH3 is 3. The van der Waals surface area contributed by atoms with E-state index < -0.39 is 0 Å². The smallest absolute Gasteiger partial charge is 0.256 e. The summed E-state index contributed by atoms with van der Waals surface area (Å²) in [6.45, 7) is 5.06. The second-order valence-electron chi connectivity index (χ2n) is 8.18. The van der Waals surface area contributed by atoms with Crippen LogP contribution in [0, 0.1) is 0 Å². The third kappa shape index (κ3) is 4.76. The summed E-state index contributed by atoms with van der Waals surface area (Å²) in [4.78, 5) is 22.1. The van der Waals surface area contributed by atoms with Crippen LogP contribution in [0.1, 0.15) is 27.7 Å². The molecule has 10 heteroatoms. The molecule has 1 amide bonds. The van der Waals surface area contributed by atoms with Gasteiger partial charge in [0.1, 0.15) is 10.0 Å². The SMILES string of the molecule is CCN1CCc2c(sc(NC(=O)c3cc(OC)c(OC)c(OC)c3)c2-c2nc3ccccc3s2)C1.Cl. The molecule has 0 radical (unpaired) electrons. The summed E-state index contributed by atoms with van der Waals surface area (Å²) < 4.78 is 17.4. The van der Waals surface area contributed by atoms with Crippen molar-refractivity contribution in [2.75, 3.05) is 39.7 Å². The van der Waals surface area contributed by atoms with Crippen molar-refractivity contribution in [3.05, 3.63) is 52.4 Å². The third-order valence-corrected chi connectivity index (χ3v) is 8.43. The maximum atomic E-state index is 13.5. The molecule has 0 saturated carbocycles. The van der Waals surface area contributed by atoms with E-state index in [2.05, 4.69) is 23.2 Å². The summed E-state index contributed by atoms with van der Waals surface area (Å²) in [7, 11) is 4.62. The number of hydrogen-bond acceptors (Lipinski definition) is 8. The molecule has 0 fully saturated rings. The first-order chi connectivity index (χ1) is 17.1. The topological polar surface area (TPSA) is 72.9 Å². The number of likely N-dealkylation sites (N-methyl/N-ethyl adjacent to an activating group) is 1. The molecular weight excluding hydrogens is 518 g/mol. The van der Waals surface area contributed by atoms with Crippen molar-refractivity contribution in [2.45, 2.75) is 19.9 Å². The number of thiazole rings is 1. The lowest BCUT2D eigenvalue weighted by atomic mass is 10.0. The Labute approximate surface area is 224 Å². The highest BCUT2D eigenvalue weighted by Crippen LogP contribution is 2.46. The number of halogens is 1. The zero-order valence-corrected chi connectivity index (χ0v) is 23.0. The van der Waals surface area contributed by atoms with Crippen LogP contribution in [0.3, 0.4) is 0 Å². The second kappa shape index (κ2) is 11.0. The van der Waals surface area contributed by atoms with E-state index >= 15 is 0 Å². The van der Waals surface area contributed by atoms with Crippen molar-refractivity contribution >= 4 is 56.2 Å². The van der Waals surface area contributed by atoms with E-state index in [1.807, 2.05) is 18.2 Å². The van der Waals surface area contributed by atoms with Gasteiger partial charge in [0.05, 0.1) is 31.5 Å². The summed E-state index contributed by atoms with van der Waals surface area (Å²) in [5.74, 6) is 1.09. The lowest BCUT2D eigenvalue weighted by molar-refractivity contribution is 0.102. The minimum absolute atomic E-state index is 0. The van der Waals surface area contributed by atoms with Crippen LogP contribution in [0.5, 0.6) is 17.2 Å². The number of benzene rings is 2. The fraction of sp³-hybridized carbons (Fsp3) is 0.308. The Morgan fingerprint density at radius 1 is 1.08 bits per heavy atom. The number of hydrogen-bond donors (Lipinski definition) is 1. The van der Waals surface area contributed by atoms with Crippen LogP contribution in [-0.4, -0.2) is 50.2 Å². The van der Waals surface area contributed by atoms with Crippen molar-refractivity contribution in [1.82, 2.24) is 9.88 Å². The average Bonchev–Trinajstić information content (AvgIpc) is 3.47. The van der Waals surface area contributed by atoms with Crippen molar-refractivity contribution in [2.24, 2.45) is 0 Å². The Kier molecular flexibility index (Phi) is 8.04. The molecule has 0 atom stereocenters. The van der Waals surface area contributed by atoms with Crippen LogP contribution >= 0.6 is 35.1 Å². The minimum Gasteiger partial charge on any atom is -0.493 e. The van der Waals surface area contributed by atoms with Crippen LogP contribution in [0.4, 0.5) is 5.00 Å². The van der Waals surface area contributed by atoms with Crippen molar-refractivity contribution in [3.8, 4) is 27.8 Å². The lowest BCUT2D eigenvalue weighted by Crippen LogP contribution is -2.29. The number of anilines is 1. The summed E-state index contributed by atoms with van der Waals surface area (Å²) in [5.41, 5.74) is 3.73. The zero-order valence-electron chi connectivity index (χ0n) is 20.5. The Hall–Kier alpha value is -2.85. The Morgan fingerprint density at radius 2 is 1.81 bits per heavy atom. The summed E-state index contributed by atoms with van der Waals surface area (Å²) in [6, 6.07) is 11.5. The number of aromatic nitrogens is 1. The van der Waals surface area contributed by atoms with Crippen LogP contribution in [0.15, 0.2) is 36.4 Å². The van der Waals surface area contributed by atoms with E-state index in [1.54, 1.807) is 41.9 Å². The van der Waals surface area contributed by atoms with Gasteiger partial charge >= 0.3 is 0 Å². The summed E-state index contributed by atoms with van der Waals surface area (Å²) in [5, 5.41) is 4.94. The van der Waals surface area contributed by atoms with Gasteiger partial charge in [-0.25, -0.2) is 4.98 Å². The minimum atomic E-state index is -0.238. The zero-order chi connectivity index (χ0) is 24.5.